The van der Waals surface area contributed by atoms with E-state index in [2.05, 4.69) is 24.3 Å². The molecule has 1 unspecified atom stereocenters. The van der Waals surface area contributed by atoms with Crippen LogP contribution in [-0.2, 0) is 13.0 Å². The number of likely N-dealkylation sites (tertiary alicyclic amines) is 1. The fourth-order valence-electron chi connectivity index (χ4n) is 3.61. The van der Waals surface area contributed by atoms with Gasteiger partial charge in [-0.05, 0) is 50.7 Å². The lowest BCUT2D eigenvalue weighted by molar-refractivity contribution is 0.0601. The molecule has 4 nitrogen and oxygen atoms in total. The van der Waals surface area contributed by atoms with E-state index in [-0.39, 0.29) is 17.5 Å². The third-order valence-electron chi connectivity index (χ3n) is 5.08. The van der Waals surface area contributed by atoms with Crippen LogP contribution in [0.15, 0.2) is 53.5 Å². The quantitative estimate of drug-likeness (QED) is 0.837. The highest BCUT2D eigenvalue weighted by atomic mass is 16.2. The summed E-state index contributed by atoms with van der Waals surface area (Å²) in [7, 11) is 0. The fourth-order valence-corrected chi connectivity index (χ4v) is 3.61. The van der Waals surface area contributed by atoms with Crippen LogP contribution in [0.3, 0.4) is 0 Å². The van der Waals surface area contributed by atoms with E-state index in [1.54, 1.807) is 16.8 Å². The second kappa shape index (κ2) is 8.15. The zero-order valence-electron chi connectivity index (χ0n) is 14.9. The highest BCUT2D eigenvalue weighted by Gasteiger charge is 2.27. The summed E-state index contributed by atoms with van der Waals surface area (Å²) in [5, 5.41) is 0. The minimum absolute atomic E-state index is 0.00175. The zero-order chi connectivity index (χ0) is 17.6. The van der Waals surface area contributed by atoms with Crippen LogP contribution in [0.4, 0.5) is 0 Å². The first-order valence-corrected chi connectivity index (χ1v) is 9.24. The van der Waals surface area contributed by atoms with Crippen LogP contribution < -0.4 is 5.56 Å². The lowest BCUT2D eigenvalue weighted by atomic mass is 9.95. The molecule has 1 aliphatic heterocycles. The van der Waals surface area contributed by atoms with E-state index >= 15 is 0 Å². The molecule has 1 fully saturated rings. The van der Waals surface area contributed by atoms with Crippen LogP contribution in [0, 0.1) is 0 Å². The minimum Gasteiger partial charge on any atom is -0.336 e. The molecule has 1 saturated heterocycles. The third kappa shape index (κ3) is 4.19. The van der Waals surface area contributed by atoms with Gasteiger partial charge in [0.05, 0.1) is 0 Å². The summed E-state index contributed by atoms with van der Waals surface area (Å²) in [5.74, 6) is -0.00175. The Morgan fingerprint density at radius 1 is 1.16 bits per heavy atom. The SMILES string of the molecule is CCn1ccc(C(=O)N2CCCCC2CCc2ccccc2)cc1=O. The maximum atomic E-state index is 13.0. The van der Waals surface area contributed by atoms with E-state index in [1.165, 1.54) is 18.1 Å². The summed E-state index contributed by atoms with van der Waals surface area (Å²) in [4.78, 5) is 27.0. The number of carbonyl (C=O) groups excluding carboxylic acids is 1. The predicted molar refractivity (Wildman–Crippen MR) is 99.8 cm³/mol. The van der Waals surface area contributed by atoms with E-state index in [0.29, 0.717) is 12.1 Å². The summed E-state index contributed by atoms with van der Waals surface area (Å²) >= 11 is 0. The predicted octanol–water partition coefficient (Wildman–Crippen LogP) is 3.50. The molecule has 0 N–H and O–H groups in total. The van der Waals surface area contributed by atoms with E-state index < -0.39 is 0 Å². The Bertz CT molecular complexity index is 767. The molecule has 25 heavy (non-hydrogen) atoms. The standard InChI is InChI=1S/C21H26N2O2/c1-2-22-15-13-18(16-20(22)24)21(25)23-14-7-6-10-19(23)12-11-17-8-4-3-5-9-17/h3-5,8-9,13,15-16,19H,2,6-7,10-12,14H2,1H3. The topological polar surface area (TPSA) is 42.3 Å². The van der Waals surface area contributed by atoms with E-state index in [4.69, 9.17) is 0 Å². The van der Waals surface area contributed by atoms with Gasteiger partial charge in [0.1, 0.15) is 0 Å². The minimum atomic E-state index is -0.105. The van der Waals surface area contributed by atoms with Crippen molar-refractivity contribution in [1.29, 1.82) is 0 Å². The number of pyridine rings is 1. The number of benzene rings is 1. The van der Waals surface area contributed by atoms with Gasteiger partial charge in [-0.1, -0.05) is 30.3 Å². The van der Waals surface area contributed by atoms with Gasteiger partial charge in [-0.3, -0.25) is 9.59 Å². The van der Waals surface area contributed by atoms with E-state index in [0.717, 1.165) is 32.2 Å². The molecule has 2 aromatic rings. The number of aryl methyl sites for hydroxylation is 2. The number of carbonyl (C=O) groups is 1. The summed E-state index contributed by atoms with van der Waals surface area (Å²) in [6.45, 7) is 3.33. The molecule has 3 rings (SSSR count). The summed E-state index contributed by atoms with van der Waals surface area (Å²) in [5.41, 5.74) is 1.72. The van der Waals surface area contributed by atoms with Crippen molar-refractivity contribution < 1.29 is 4.79 Å². The van der Waals surface area contributed by atoms with Crippen molar-refractivity contribution in [2.45, 2.75) is 51.6 Å². The van der Waals surface area contributed by atoms with Crippen LogP contribution in [0.2, 0.25) is 0 Å². The number of aromatic nitrogens is 1. The molecular weight excluding hydrogens is 312 g/mol. The highest BCUT2D eigenvalue weighted by molar-refractivity contribution is 5.94. The van der Waals surface area contributed by atoms with Crippen molar-refractivity contribution in [3.63, 3.8) is 0 Å². The molecule has 0 aliphatic carbocycles. The maximum absolute atomic E-state index is 13.0. The molecule has 2 heterocycles. The smallest absolute Gasteiger partial charge is 0.254 e. The Morgan fingerprint density at radius 2 is 1.96 bits per heavy atom. The van der Waals surface area contributed by atoms with Gasteiger partial charge in [-0.15, -0.1) is 0 Å². The molecular formula is C21H26N2O2. The number of hydrogen-bond donors (Lipinski definition) is 0. The second-order valence-electron chi connectivity index (χ2n) is 6.71. The van der Waals surface area contributed by atoms with Gasteiger partial charge in [0.2, 0.25) is 0 Å². The van der Waals surface area contributed by atoms with Crippen LogP contribution in [0.5, 0.6) is 0 Å². The van der Waals surface area contributed by atoms with Crippen molar-refractivity contribution in [1.82, 2.24) is 9.47 Å². The van der Waals surface area contributed by atoms with Gasteiger partial charge in [0.25, 0.3) is 11.5 Å². The van der Waals surface area contributed by atoms with Crippen LogP contribution >= 0.6 is 0 Å². The number of nitrogens with zero attached hydrogens (tertiary/aromatic N) is 2. The van der Waals surface area contributed by atoms with Crippen LogP contribution in [0.25, 0.3) is 0 Å². The highest BCUT2D eigenvalue weighted by Crippen LogP contribution is 2.23. The average molecular weight is 338 g/mol. The van der Waals surface area contributed by atoms with Gasteiger partial charge in [-0.2, -0.15) is 0 Å². The van der Waals surface area contributed by atoms with Crippen LogP contribution in [0.1, 0.15) is 48.5 Å². The molecule has 0 radical (unpaired) electrons. The molecule has 1 aliphatic rings. The van der Waals surface area contributed by atoms with Gasteiger partial charge >= 0.3 is 0 Å². The molecule has 1 atom stereocenters. The molecule has 1 amide bonds. The zero-order valence-corrected chi connectivity index (χ0v) is 14.9. The molecule has 1 aromatic carbocycles. The van der Waals surface area contributed by atoms with Gasteiger partial charge in [0, 0.05) is 37.0 Å². The van der Waals surface area contributed by atoms with Crippen molar-refractivity contribution in [3.05, 3.63) is 70.1 Å². The first kappa shape index (κ1) is 17.5. The number of rotatable bonds is 5. The van der Waals surface area contributed by atoms with Crippen molar-refractivity contribution in [2.75, 3.05) is 6.54 Å². The lowest BCUT2D eigenvalue weighted by Gasteiger charge is -2.36. The molecule has 0 spiro atoms. The molecule has 1 aromatic heterocycles. The molecule has 4 heteroatoms. The summed E-state index contributed by atoms with van der Waals surface area (Å²) in [6.07, 6.45) is 6.93. The largest absolute Gasteiger partial charge is 0.336 e. The van der Waals surface area contributed by atoms with Gasteiger partial charge in [-0.25, -0.2) is 0 Å². The lowest BCUT2D eigenvalue weighted by Crippen LogP contribution is -2.44. The number of amides is 1. The number of hydrogen-bond acceptors (Lipinski definition) is 2. The first-order valence-electron chi connectivity index (χ1n) is 9.24. The summed E-state index contributed by atoms with van der Waals surface area (Å²) < 4.78 is 1.61. The van der Waals surface area contributed by atoms with Crippen molar-refractivity contribution in [2.24, 2.45) is 0 Å². The van der Waals surface area contributed by atoms with E-state index in [9.17, 15) is 9.59 Å². The summed E-state index contributed by atoms with van der Waals surface area (Å²) in [6, 6.07) is 13.9. The molecule has 132 valence electrons. The van der Waals surface area contributed by atoms with Crippen molar-refractivity contribution >= 4 is 5.91 Å². The monoisotopic (exact) mass is 338 g/mol. The molecule has 0 bridgehead atoms. The second-order valence-corrected chi connectivity index (χ2v) is 6.71. The Balaban J connectivity index is 1.72. The van der Waals surface area contributed by atoms with Gasteiger partial charge < -0.3 is 9.47 Å². The van der Waals surface area contributed by atoms with Crippen molar-refractivity contribution in [3.8, 4) is 0 Å². The fraction of sp³-hybridized carbons (Fsp3) is 0.429. The Morgan fingerprint density at radius 3 is 2.68 bits per heavy atom. The maximum Gasteiger partial charge on any atom is 0.254 e. The molecule has 0 saturated carbocycles. The Kier molecular flexibility index (Phi) is 5.69. The van der Waals surface area contributed by atoms with E-state index in [1.807, 2.05) is 17.9 Å². The average Bonchev–Trinajstić information content (AvgIpc) is 2.67. The third-order valence-corrected chi connectivity index (χ3v) is 5.08. The Hall–Kier alpha value is -2.36. The van der Waals surface area contributed by atoms with Crippen LogP contribution in [-0.4, -0.2) is 28.0 Å². The Labute approximate surface area is 149 Å². The first-order chi connectivity index (χ1) is 12.2. The normalized spacial score (nSPS) is 17.5. The van der Waals surface area contributed by atoms with Gasteiger partial charge in [0.15, 0.2) is 0 Å². The number of piperidine rings is 1.